The van der Waals surface area contributed by atoms with Crippen molar-refractivity contribution in [2.45, 2.75) is 20.3 Å². The number of para-hydroxylation sites is 1. The Labute approximate surface area is 94.6 Å². The van der Waals surface area contributed by atoms with E-state index in [0.29, 0.717) is 12.2 Å². The predicted octanol–water partition coefficient (Wildman–Crippen LogP) is 2.52. The summed E-state index contributed by atoms with van der Waals surface area (Å²) in [7, 11) is 0. The number of aromatic amines is 1. The van der Waals surface area contributed by atoms with Crippen LogP contribution in [-0.2, 0) is 11.2 Å². The zero-order chi connectivity index (χ0) is 11.7. The van der Waals surface area contributed by atoms with Gasteiger partial charge in [-0.15, -0.1) is 0 Å². The minimum Gasteiger partial charge on any atom is -0.385 e. The van der Waals surface area contributed by atoms with Gasteiger partial charge in [-0.1, -0.05) is 32.0 Å². The van der Waals surface area contributed by atoms with Crippen LogP contribution in [-0.4, -0.2) is 10.8 Å². The van der Waals surface area contributed by atoms with Gasteiger partial charge in [0.25, 0.3) is 0 Å². The van der Waals surface area contributed by atoms with Gasteiger partial charge in [0.1, 0.15) is 11.6 Å². The van der Waals surface area contributed by atoms with Crippen LogP contribution >= 0.6 is 0 Å². The monoisotopic (exact) mass is 216 g/mol. The fourth-order valence-corrected chi connectivity index (χ4v) is 1.79. The van der Waals surface area contributed by atoms with Crippen molar-refractivity contribution in [3.8, 4) is 0 Å². The maximum absolute atomic E-state index is 11.7. The molecule has 0 aliphatic carbocycles. The molecular formula is C13H16N2O. The van der Waals surface area contributed by atoms with E-state index in [0.717, 1.165) is 16.5 Å². The first-order valence-corrected chi connectivity index (χ1v) is 5.47. The number of aromatic nitrogens is 1. The summed E-state index contributed by atoms with van der Waals surface area (Å²) in [4.78, 5) is 14.8. The fourth-order valence-electron chi connectivity index (χ4n) is 1.79. The van der Waals surface area contributed by atoms with Crippen molar-refractivity contribution < 1.29 is 4.79 Å². The van der Waals surface area contributed by atoms with E-state index in [1.807, 2.05) is 38.1 Å². The van der Waals surface area contributed by atoms with Gasteiger partial charge in [0.15, 0.2) is 0 Å². The predicted molar refractivity (Wildman–Crippen MR) is 66.3 cm³/mol. The number of nitrogen functional groups attached to an aromatic ring is 1. The fraction of sp³-hybridized carbons (Fsp3) is 0.308. The number of nitrogens with one attached hydrogen (secondary N) is 1. The van der Waals surface area contributed by atoms with Crippen LogP contribution in [0, 0.1) is 5.92 Å². The quantitative estimate of drug-likeness (QED) is 0.828. The van der Waals surface area contributed by atoms with E-state index in [9.17, 15) is 4.79 Å². The van der Waals surface area contributed by atoms with Crippen molar-refractivity contribution in [1.29, 1.82) is 0 Å². The molecule has 0 spiro atoms. The molecule has 2 rings (SSSR count). The summed E-state index contributed by atoms with van der Waals surface area (Å²) >= 11 is 0. The molecule has 0 fully saturated rings. The molecule has 0 aliphatic rings. The van der Waals surface area contributed by atoms with E-state index in [1.165, 1.54) is 0 Å². The zero-order valence-corrected chi connectivity index (χ0v) is 9.58. The van der Waals surface area contributed by atoms with E-state index in [2.05, 4.69) is 4.98 Å². The first-order chi connectivity index (χ1) is 7.59. The van der Waals surface area contributed by atoms with Crippen molar-refractivity contribution >= 4 is 22.5 Å². The van der Waals surface area contributed by atoms with Crippen LogP contribution in [0.25, 0.3) is 10.9 Å². The molecule has 0 atom stereocenters. The molecule has 1 aromatic carbocycles. The van der Waals surface area contributed by atoms with Crippen molar-refractivity contribution in [2.75, 3.05) is 5.73 Å². The number of hydrogen-bond acceptors (Lipinski definition) is 2. The first kappa shape index (κ1) is 10.7. The highest BCUT2D eigenvalue weighted by Crippen LogP contribution is 2.25. The number of nitrogens with two attached hydrogens (primary N) is 1. The van der Waals surface area contributed by atoms with Crippen LogP contribution in [0.2, 0.25) is 0 Å². The van der Waals surface area contributed by atoms with Crippen molar-refractivity contribution in [1.82, 2.24) is 4.98 Å². The van der Waals surface area contributed by atoms with Crippen molar-refractivity contribution in [3.63, 3.8) is 0 Å². The molecule has 1 aromatic heterocycles. The van der Waals surface area contributed by atoms with Crippen LogP contribution in [0.5, 0.6) is 0 Å². The summed E-state index contributed by atoms with van der Waals surface area (Å²) in [6, 6.07) is 7.87. The summed E-state index contributed by atoms with van der Waals surface area (Å²) in [5.74, 6) is 0.875. The highest BCUT2D eigenvalue weighted by Gasteiger charge is 2.14. The number of H-pyrrole nitrogens is 1. The van der Waals surface area contributed by atoms with Gasteiger partial charge in [0.05, 0.1) is 0 Å². The molecule has 3 nitrogen and oxygen atoms in total. The molecule has 0 saturated heterocycles. The molecule has 3 heteroatoms. The smallest absolute Gasteiger partial charge is 0.139 e. The zero-order valence-electron chi connectivity index (χ0n) is 9.58. The SMILES string of the molecule is CC(C)C(=O)Cc1c(N)[nH]c2ccccc12. The number of hydrogen-bond donors (Lipinski definition) is 2. The lowest BCUT2D eigenvalue weighted by atomic mass is 10.00. The Morgan fingerprint density at radius 3 is 2.75 bits per heavy atom. The number of carbonyl (C=O) groups is 1. The Morgan fingerprint density at radius 1 is 1.38 bits per heavy atom. The van der Waals surface area contributed by atoms with Gasteiger partial charge in [-0.3, -0.25) is 4.79 Å². The minimum absolute atomic E-state index is 0.0491. The van der Waals surface area contributed by atoms with E-state index in [-0.39, 0.29) is 11.7 Å². The molecule has 16 heavy (non-hydrogen) atoms. The Bertz CT molecular complexity index is 526. The molecule has 0 amide bonds. The minimum atomic E-state index is 0.0491. The standard InChI is InChI=1S/C13H16N2O/c1-8(2)12(16)7-10-9-5-3-4-6-11(9)15-13(10)14/h3-6,8,15H,7,14H2,1-2H3. The van der Waals surface area contributed by atoms with Crippen LogP contribution < -0.4 is 5.73 Å². The third-order valence-corrected chi connectivity index (χ3v) is 2.84. The highest BCUT2D eigenvalue weighted by molar-refractivity contribution is 5.94. The van der Waals surface area contributed by atoms with E-state index < -0.39 is 0 Å². The third kappa shape index (κ3) is 1.81. The van der Waals surface area contributed by atoms with Gasteiger partial charge in [0, 0.05) is 28.8 Å². The number of anilines is 1. The average molecular weight is 216 g/mol. The second-order valence-electron chi connectivity index (χ2n) is 4.36. The van der Waals surface area contributed by atoms with E-state index in [4.69, 9.17) is 5.73 Å². The lowest BCUT2D eigenvalue weighted by Gasteiger charge is -2.03. The molecule has 2 aromatic rings. The molecule has 0 saturated carbocycles. The molecule has 84 valence electrons. The topological polar surface area (TPSA) is 58.9 Å². The number of fused-ring (bicyclic) bond motifs is 1. The summed E-state index contributed by atoms with van der Waals surface area (Å²) in [5, 5.41) is 1.05. The van der Waals surface area contributed by atoms with Crippen LogP contribution in [0.1, 0.15) is 19.4 Å². The van der Waals surface area contributed by atoms with Gasteiger partial charge in [-0.2, -0.15) is 0 Å². The first-order valence-electron chi connectivity index (χ1n) is 5.47. The molecule has 3 N–H and O–H groups in total. The number of rotatable bonds is 3. The number of Topliss-reactive ketones (excluding diaryl/α,β-unsaturated/α-hetero) is 1. The van der Waals surface area contributed by atoms with E-state index >= 15 is 0 Å². The Hall–Kier alpha value is -1.77. The maximum atomic E-state index is 11.7. The van der Waals surface area contributed by atoms with Crippen molar-refractivity contribution in [2.24, 2.45) is 5.92 Å². The second-order valence-corrected chi connectivity index (χ2v) is 4.36. The Kier molecular flexibility index (Phi) is 2.69. The summed E-state index contributed by atoms with van der Waals surface area (Å²) in [6.45, 7) is 3.82. The molecular weight excluding hydrogens is 200 g/mol. The average Bonchev–Trinajstić information content (AvgIpc) is 2.55. The lowest BCUT2D eigenvalue weighted by Crippen LogP contribution is -2.11. The molecule has 0 unspecified atom stereocenters. The van der Waals surface area contributed by atoms with Gasteiger partial charge in [0.2, 0.25) is 0 Å². The number of ketones is 1. The Morgan fingerprint density at radius 2 is 2.06 bits per heavy atom. The molecule has 0 bridgehead atoms. The number of benzene rings is 1. The van der Waals surface area contributed by atoms with Crippen LogP contribution in [0.4, 0.5) is 5.82 Å². The summed E-state index contributed by atoms with van der Waals surface area (Å²) in [6.07, 6.45) is 0.410. The normalized spacial score (nSPS) is 11.2. The van der Waals surface area contributed by atoms with Gasteiger partial charge in [-0.25, -0.2) is 0 Å². The highest BCUT2D eigenvalue weighted by atomic mass is 16.1. The summed E-state index contributed by atoms with van der Waals surface area (Å²) in [5.41, 5.74) is 7.81. The van der Waals surface area contributed by atoms with Gasteiger partial charge >= 0.3 is 0 Å². The Balaban J connectivity index is 2.44. The molecule has 0 aliphatic heterocycles. The van der Waals surface area contributed by atoms with E-state index in [1.54, 1.807) is 0 Å². The molecule has 1 heterocycles. The van der Waals surface area contributed by atoms with Crippen LogP contribution in [0.3, 0.4) is 0 Å². The second kappa shape index (κ2) is 4.00. The van der Waals surface area contributed by atoms with Crippen molar-refractivity contribution in [3.05, 3.63) is 29.8 Å². The van der Waals surface area contributed by atoms with Gasteiger partial charge < -0.3 is 10.7 Å². The van der Waals surface area contributed by atoms with Gasteiger partial charge in [-0.05, 0) is 6.07 Å². The number of carbonyl (C=O) groups excluding carboxylic acids is 1. The summed E-state index contributed by atoms with van der Waals surface area (Å²) < 4.78 is 0. The molecule has 0 radical (unpaired) electrons. The maximum Gasteiger partial charge on any atom is 0.139 e. The van der Waals surface area contributed by atoms with Crippen LogP contribution in [0.15, 0.2) is 24.3 Å². The largest absolute Gasteiger partial charge is 0.385 e. The third-order valence-electron chi connectivity index (χ3n) is 2.84. The lowest BCUT2D eigenvalue weighted by molar-refractivity contribution is -0.121.